The van der Waals surface area contributed by atoms with Crippen molar-refractivity contribution >= 4 is 0 Å². The molecule has 0 aromatic rings. The molecule has 0 spiro atoms. The Kier molecular flexibility index (Phi) is 7.11. The van der Waals surface area contributed by atoms with E-state index in [-0.39, 0.29) is 0 Å². The molecule has 16 heavy (non-hydrogen) atoms. The van der Waals surface area contributed by atoms with E-state index in [1.54, 1.807) is 0 Å². The van der Waals surface area contributed by atoms with Crippen molar-refractivity contribution in [3.63, 3.8) is 0 Å². The molecule has 1 N–H and O–H groups in total. The standard InChI is InChI=1S/C15H31N/c1-4-9-14(10-5-2)16-15-12-8-6-7-11-13(15)3/h13-16H,4-12H2,1-3H3. The largest absolute Gasteiger partial charge is 0.311 e. The Morgan fingerprint density at radius 3 is 2.25 bits per heavy atom. The summed E-state index contributed by atoms with van der Waals surface area (Å²) in [4.78, 5) is 0. The molecule has 1 nitrogen and oxygen atoms in total. The molecule has 1 aliphatic rings. The van der Waals surface area contributed by atoms with Gasteiger partial charge in [-0.15, -0.1) is 0 Å². The van der Waals surface area contributed by atoms with Crippen molar-refractivity contribution in [3.05, 3.63) is 0 Å². The van der Waals surface area contributed by atoms with Crippen LogP contribution in [-0.2, 0) is 0 Å². The van der Waals surface area contributed by atoms with E-state index in [4.69, 9.17) is 0 Å². The first-order chi connectivity index (χ1) is 7.77. The van der Waals surface area contributed by atoms with Gasteiger partial charge in [0.2, 0.25) is 0 Å². The molecule has 0 aliphatic heterocycles. The van der Waals surface area contributed by atoms with Gasteiger partial charge in [0.1, 0.15) is 0 Å². The van der Waals surface area contributed by atoms with Crippen molar-refractivity contribution in [1.82, 2.24) is 5.32 Å². The first-order valence-corrected chi connectivity index (χ1v) is 7.54. The van der Waals surface area contributed by atoms with Crippen LogP contribution in [-0.4, -0.2) is 12.1 Å². The van der Waals surface area contributed by atoms with Crippen molar-refractivity contribution in [2.75, 3.05) is 0 Å². The van der Waals surface area contributed by atoms with Crippen LogP contribution in [0.5, 0.6) is 0 Å². The fraction of sp³-hybridized carbons (Fsp3) is 1.00. The van der Waals surface area contributed by atoms with Gasteiger partial charge < -0.3 is 5.32 Å². The molecule has 0 aromatic heterocycles. The minimum Gasteiger partial charge on any atom is -0.311 e. The first kappa shape index (κ1) is 14.0. The fourth-order valence-electron chi connectivity index (χ4n) is 3.05. The lowest BCUT2D eigenvalue weighted by atomic mass is 9.94. The van der Waals surface area contributed by atoms with Crippen LogP contribution in [0.3, 0.4) is 0 Å². The van der Waals surface area contributed by atoms with Crippen molar-refractivity contribution in [2.45, 2.75) is 90.6 Å². The molecule has 0 saturated heterocycles. The van der Waals surface area contributed by atoms with E-state index in [9.17, 15) is 0 Å². The van der Waals surface area contributed by atoms with Crippen molar-refractivity contribution < 1.29 is 0 Å². The van der Waals surface area contributed by atoms with Crippen LogP contribution in [0.15, 0.2) is 0 Å². The zero-order valence-corrected chi connectivity index (χ0v) is 11.6. The minimum atomic E-state index is 0.778. The number of hydrogen-bond donors (Lipinski definition) is 1. The second-order valence-corrected chi connectivity index (χ2v) is 5.66. The average molecular weight is 225 g/mol. The minimum absolute atomic E-state index is 0.778. The van der Waals surface area contributed by atoms with Gasteiger partial charge in [-0.25, -0.2) is 0 Å². The van der Waals surface area contributed by atoms with Gasteiger partial charge in [0.15, 0.2) is 0 Å². The Hall–Kier alpha value is -0.0400. The SMILES string of the molecule is CCCC(CCC)NC1CCCCCC1C. The topological polar surface area (TPSA) is 12.0 Å². The van der Waals surface area contributed by atoms with Gasteiger partial charge in [0, 0.05) is 12.1 Å². The Balaban J connectivity index is 2.40. The second kappa shape index (κ2) is 8.11. The Morgan fingerprint density at radius 1 is 1.00 bits per heavy atom. The van der Waals surface area contributed by atoms with Gasteiger partial charge in [-0.05, 0) is 31.6 Å². The lowest BCUT2D eigenvalue weighted by Gasteiger charge is -2.28. The Morgan fingerprint density at radius 2 is 1.62 bits per heavy atom. The molecular formula is C15H31N. The maximum Gasteiger partial charge on any atom is 0.00952 e. The third-order valence-electron chi connectivity index (χ3n) is 4.09. The lowest BCUT2D eigenvalue weighted by Crippen LogP contribution is -2.41. The smallest absolute Gasteiger partial charge is 0.00952 e. The summed E-state index contributed by atoms with van der Waals surface area (Å²) in [6.45, 7) is 7.06. The fourth-order valence-corrected chi connectivity index (χ4v) is 3.05. The molecule has 0 amide bonds. The van der Waals surface area contributed by atoms with E-state index in [2.05, 4.69) is 26.1 Å². The molecule has 1 fully saturated rings. The summed E-state index contributed by atoms with van der Waals surface area (Å²) in [5, 5.41) is 3.95. The average Bonchev–Trinajstić information content (AvgIpc) is 2.45. The van der Waals surface area contributed by atoms with E-state index in [0.717, 1.165) is 18.0 Å². The maximum absolute atomic E-state index is 3.95. The van der Waals surface area contributed by atoms with E-state index in [1.807, 2.05) is 0 Å². The molecule has 0 aromatic carbocycles. The molecular weight excluding hydrogens is 194 g/mol. The molecule has 2 atom stereocenters. The molecule has 0 heterocycles. The van der Waals surface area contributed by atoms with Crippen LogP contribution in [0.1, 0.15) is 78.6 Å². The van der Waals surface area contributed by atoms with Gasteiger partial charge in [-0.1, -0.05) is 52.9 Å². The molecule has 1 rings (SSSR count). The third-order valence-corrected chi connectivity index (χ3v) is 4.09. The highest BCUT2D eigenvalue weighted by atomic mass is 15.0. The normalized spacial score (nSPS) is 27.0. The van der Waals surface area contributed by atoms with Crippen molar-refractivity contribution in [1.29, 1.82) is 0 Å². The predicted molar refractivity (Wildman–Crippen MR) is 72.8 cm³/mol. The zero-order chi connectivity index (χ0) is 11.8. The Bertz CT molecular complexity index is 161. The molecule has 1 saturated carbocycles. The summed E-state index contributed by atoms with van der Waals surface area (Å²) in [6, 6.07) is 1.58. The molecule has 0 bridgehead atoms. The second-order valence-electron chi connectivity index (χ2n) is 5.66. The van der Waals surface area contributed by atoms with Crippen LogP contribution in [0, 0.1) is 5.92 Å². The maximum atomic E-state index is 3.95. The molecule has 2 unspecified atom stereocenters. The number of rotatable bonds is 6. The molecule has 96 valence electrons. The highest BCUT2D eigenvalue weighted by Gasteiger charge is 2.21. The first-order valence-electron chi connectivity index (χ1n) is 7.54. The van der Waals surface area contributed by atoms with Crippen molar-refractivity contribution in [3.8, 4) is 0 Å². The molecule has 0 radical (unpaired) electrons. The van der Waals surface area contributed by atoms with Gasteiger partial charge in [0.05, 0.1) is 0 Å². The van der Waals surface area contributed by atoms with Crippen LogP contribution in [0.2, 0.25) is 0 Å². The van der Waals surface area contributed by atoms with Gasteiger partial charge >= 0.3 is 0 Å². The van der Waals surface area contributed by atoms with Gasteiger partial charge in [0.25, 0.3) is 0 Å². The summed E-state index contributed by atoms with van der Waals surface area (Å²) in [7, 11) is 0. The third kappa shape index (κ3) is 4.86. The predicted octanol–water partition coefficient (Wildman–Crippen LogP) is 4.51. The van der Waals surface area contributed by atoms with Crippen LogP contribution < -0.4 is 5.32 Å². The molecule has 1 heteroatoms. The van der Waals surface area contributed by atoms with Gasteiger partial charge in [-0.2, -0.15) is 0 Å². The van der Waals surface area contributed by atoms with Gasteiger partial charge in [-0.3, -0.25) is 0 Å². The summed E-state index contributed by atoms with van der Waals surface area (Å²) >= 11 is 0. The number of nitrogens with one attached hydrogen (secondary N) is 1. The van der Waals surface area contributed by atoms with Crippen LogP contribution in [0.4, 0.5) is 0 Å². The molecule has 1 aliphatic carbocycles. The highest BCUT2D eigenvalue weighted by Crippen LogP contribution is 2.24. The van der Waals surface area contributed by atoms with Crippen molar-refractivity contribution in [2.24, 2.45) is 5.92 Å². The quantitative estimate of drug-likeness (QED) is 0.656. The summed E-state index contributed by atoms with van der Waals surface area (Å²) < 4.78 is 0. The lowest BCUT2D eigenvalue weighted by molar-refractivity contribution is 0.301. The number of hydrogen-bond acceptors (Lipinski definition) is 1. The van der Waals surface area contributed by atoms with E-state index >= 15 is 0 Å². The zero-order valence-electron chi connectivity index (χ0n) is 11.6. The summed E-state index contributed by atoms with van der Waals surface area (Å²) in [5.74, 6) is 0.888. The van der Waals surface area contributed by atoms with E-state index in [0.29, 0.717) is 0 Å². The monoisotopic (exact) mass is 225 g/mol. The summed E-state index contributed by atoms with van der Waals surface area (Å²) in [5.41, 5.74) is 0. The van der Waals surface area contributed by atoms with Crippen LogP contribution >= 0.6 is 0 Å². The Labute approximate surface area is 102 Å². The van der Waals surface area contributed by atoms with Crippen LogP contribution in [0.25, 0.3) is 0 Å². The highest BCUT2D eigenvalue weighted by molar-refractivity contribution is 4.80. The van der Waals surface area contributed by atoms with E-state index in [1.165, 1.54) is 57.8 Å². The summed E-state index contributed by atoms with van der Waals surface area (Å²) in [6.07, 6.45) is 12.5. The van der Waals surface area contributed by atoms with E-state index < -0.39 is 0 Å².